The van der Waals surface area contributed by atoms with Gasteiger partial charge in [0.15, 0.2) is 0 Å². The fourth-order valence-electron chi connectivity index (χ4n) is 3.16. The third kappa shape index (κ3) is 5.51. The Labute approximate surface area is 141 Å². The molecule has 0 aromatic rings. The van der Waals surface area contributed by atoms with Crippen LogP contribution in [0.3, 0.4) is 0 Å². The van der Waals surface area contributed by atoms with Gasteiger partial charge in [0.2, 0.25) is 5.91 Å². The van der Waals surface area contributed by atoms with E-state index in [-0.39, 0.29) is 35.6 Å². The van der Waals surface area contributed by atoms with Crippen LogP contribution in [0.25, 0.3) is 0 Å². The van der Waals surface area contributed by atoms with Gasteiger partial charge in [-0.25, -0.2) is 0 Å². The van der Waals surface area contributed by atoms with E-state index in [1.165, 1.54) is 17.1 Å². The molecule has 0 atom stereocenters. The van der Waals surface area contributed by atoms with Crippen molar-refractivity contribution in [2.75, 3.05) is 13.1 Å². The summed E-state index contributed by atoms with van der Waals surface area (Å²) in [4.78, 5) is 63.1. The summed E-state index contributed by atoms with van der Waals surface area (Å²) in [6, 6.07) is -0.0913. The molecule has 1 fully saturated rings. The number of imide groups is 1. The monoisotopic (exact) mass is 356 g/mol. The van der Waals surface area contributed by atoms with Crippen molar-refractivity contribution in [2.24, 2.45) is 11.8 Å². The van der Waals surface area contributed by atoms with E-state index in [9.17, 15) is 14.4 Å². The number of hydrogen-bond acceptors (Lipinski definition) is 6. The van der Waals surface area contributed by atoms with Crippen LogP contribution in [0, 0.1) is 11.8 Å². The Hall–Kier alpha value is -1.55. The second-order valence-corrected chi connectivity index (χ2v) is 8.56. The zero-order valence-electron chi connectivity index (χ0n) is 13.5. The average Bonchev–Trinajstić information content (AvgIpc) is 2.83. The van der Waals surface area contributed by atoms with E-state index >= 15 is 0 Å². The van der Waals surface area contributed by atoms with Crippen LogP contribution in [-0.4, -0.2) is 58.9 Å². The number of hydrogen-bond donors (Lipinski definition) is 4. The molecule has 0 aromatic carbocycles. The van der Waals surface area contributed by atoms with Gasteiger partial charge >= 0.3 is 8.80 Å². The molecule has 4 N–H and O–H groups in total. The van der Waals surface area contributed by atoms with Gasteiger partial charge in [-0.1, -0.05) is 0 Å². The molecule has 0 saturated heterocycles. The summed E-state index contributed by atoms with van der Waals surface area (Å²) in [5.41, 5.74) is 0. The minimum atomic E-state index is -4.02. The van der Waals surface area contributed by atoms with E-state index in [1.807, 2.05) is 0 Å². The highest BCUT2D eigenvalue weighted by Crippen LogP contribution is 2.30. The first kappa shape index (κ1) is 18.8. The first-order valence-corrected chi connectivity index (χ1v) is 10.3. The molecule has 8 nitrogen and oxygen atoms in total. The third-order valence-electron chi connectivity index (χ3n) is 4.55. The average molecular weight is 356 g/mol. The van der Waals surface area contributed by atoms with E-state index in [4.69, 9.17) is 14.4 Å². The smallest absolute Gasteiger partial charge is 0.390 e. The molecular weight excluding hydrogens is 332 g/mol. The summed E-state index contributed by atoms with van der Waals surface area (Å²) in [5.74, 6) is -0.466. The lowest BCUT2D eigenvalue weighted by molar-refractivity contribution is -0.138. The molecule has 1 aliphatic carbocycles. The normalized spacial score (nSPS) is 24.5. The highest BCUT2D eigenvalue weighted by atomic mass is 28.4. The second-order valence-electron chi connectivity index (χ2n) is 6.51. The van der Waals surface area contributed by atoms with Gasteiger partial charge in [-0.2, -0.15) is 0 Å². The van der Waals surface area contributed by atoms with Crippen LogP contribution in [0.4, 0.5) is 0 Å². The summed E-state index contributed by atoms with van der Waals surface area (Å²) in [6.07, 6.45) is 5.87. The second kappa shape index (κ2) is 8.02. The third-order valence-corrected chi connectivity index (χ3v) is 5.57. The Morgan fingerprint density at radius 3 is 2.25 bits per heavy atom. The van der Waals surface area contributed by atoms with Crippen LogP contribution in [0.5, 0.6) is 0 Å². The molecular formula is C15H24N2O6Si. The predicted molar refractivity (Wildman–Crippen MR) is 86.2 cm³/mol. The standard InChI is InChI=1S/C15H24N2O6Si/c18-13-6-7-14(19)17(13)10-11-2-4-12(5-3-11)15(20)16-8-1-9-24(21,22)23/h6-7,11-12,21-23H,1-5,8-10H2,(H,16,20). The molecule has 3 amide bonds. The lowest BCUT2D eigenvalue weighted by atomic mass is 9.81. The molecule has 2 rings (SSSR count). The van der Waals surface area contributed by atoms with Crippen LogP contribution < -0.4 is 5.32 Å². The molecule has 9 heteroatoms. The summed E-state index contributed by atoms with van der Waals surface area (Å²) in [6.45, 7) is 0.715. The maximum absolute atomic E-state index is 12.1. The van der Waals surface area contributed by atoms with Crippen molar-refractivity contribution in [3.05, 3.63) is 12.2 Å². The summed E-state index contributed by atoms with van der Waals surface area (Å²) >= 11 is 0. The first-order chi connectivity index (χ1) is 11.3. The highest BCUT2D eigenvalue weighted by molar-refractivity contribution is 6.56. The fraction of sp³-hybridized carbons (Fsp3) is 0.667. The zero-order valence-corrected chi connectivity index (χ0v) is 14.5. The Balaban J connectivity index is 1.66. The quantitative estimate of drug-likeness (QED) is 0.267. The topological polar surface area (TPSA) is 127 Å². The van der Waals surface area contributed by atoms with Crippen LogP contribution in [-0.2, 0) is 14.4 Å². The van der Waals surface area contributed by atoms with Gasteiger partial charge in [0, 0.05) is 37.2 Å². The van der Waals surface area contributed by atoms with E-state index in [0.29, 0.717) is 32.4 Å². The maximum Gasteiger partial charge on any atom is 0.492 e. The molecule has 0 radical (unpaired) electrons. The lowest BCUT2D eigenvalue weighted by Gasteiger charge is -2.30. The number of carbonyl (C=O) groups excluding carboxylic acids is 3. The number of nitrogens with one attached hydrogen (secondary N) is 1. The van der Waals surface area contributed by atoms with E-state index < -0.39 is 8.80 Å². The fourth-order valence-corrected chi connectivity index (χ4v) is 3.81. The molecule has 24 heavy (non-hydrogen) atoms. The van der Waals surface area contributed by atoms with Gasteiger partial charge in [0.1, 0.15) is 0 Å². The minimum Gasteiger partial charge on any atom is -0.390 e. The number of amides is 3. The molecule has 2 aliphatic rings. The van der Waals surface area contributed by atoms with Gasteiger partial charge in [-0.15, -0.1) is 0 Å². The highest BCUT2D eigenvalue weighted by Gasteiger charge is 2.31. The molecule has 134 valence electrons. The predicted octanol–water partition coefficient (Wildman–Crippen LogP) is -0.860. The zero-order chi connectivity index (χ0) is 17.7. The summed E-state index contributed by atoms with van der Waals surface area (Å²) in [5, 5.41) is 2.75. The van der Waals surface area contributed by atoms with Crippen molar-refractivity contribution in [1.29, 1.82) is 0 Å². The number of carbonyl (C=O) groups is 3. The minimum absolute atomic E-state index is 0.0653. The van der Waals surface area contributed by atoms with Gasteiger partial charge in [-0.3, -0.25) is 19.3 Å². The van der Waals surface area contributed by atoms with Crippen LogP contribution >= 0.6 is 0 Å². The van der Waals surface area contributed by atoms with Crippen molar-refractivity contribution in [1.82, 2.24) is 10.2 Å². The Kier molecular flexibility index (Phi) is 6.27. The lowest BCUT2D eigenvalue weighted by Crippen LogP contribution is -2.39. The van der Waals surface area contributed by atoms with Crippen molar-refractivity contribution in [3.63, 3.8) is 0 Å². The van der Waals surface area contributed by atoms with Crippen LogP contribution in [0.2, 0.25) is 6.04 Å². The Morgan fingerprint density at radius 1 is 1.12 bits per heavy atom. The van der Waals surface area contributed by atoms with Crippen molar-refractivity contribution < 1.29 is 28.8 Å². The van der Waals surface area contributed by atoms with Gasteiger partial charge < -0.3 is 19.7 Å². The van der Waals surface area contributed by atoms with E-state index in [2.05, 4.69) is 5.32 Å². The Morgan fingerprint density at radius 2 is 1.71 bits per heavy atom. The van der Waals surface area contributed by atoms with Crippen molar-refractivity contribution in [2.45, 2.75) is 38.1 Å². The van der Waals surface area contributed by atoms with Gasteiger partial charge in [-0.05, 0) is 38.0 Å². The van der Waals surface area contributed by atoms with Gasteiger partial charge in [0.05, 0.1) is 0 Å². The molecule has 1 aliphatic heterocycles. The summed E-state index contributed by atoms with van der Waals surface area (Å²) in [7, 11) is -4.02. The molecule has 0 aromatic heterocycles. The SMILES string of the molecule is O=C(NCCC[Si](O)(O)O)C1CCC(CN2C(=O)C=CC2=O)CC1. The van der Waals surface area contributed by atoms with E-state index in [1.54, 1.807) is 0 Å². The molecule has 1 saturated carbocycles. The van der Waals surface area contributed by atoms with Crippen molar-refractivity contribution >= 4 is 26.5 Å². The first-order valence-electron chi connectivity index (χ1n) is 8.24. The molecule has 0 spiro atoms. The summed E-state index contributed by atoms with van der Waals surface area (Å²) < 4.78 is 0. The number of nitrogens with zero attached hydrogens (tertiary/aromatic N) is 1. The number of rotatable bonds is 7. The van der Waals surface area contributed by atoms with Crippen molar-refractivity contribution in [3.8, 4) is 0 Å². The van der Waals surface area contributed by atoms with E-state index in [0.717, 1.165) is 12.8 Å². The molecule has 1 heterocycles. The maximum atomic E-state index is 12.1. The molecule has 0 bridgehead atoms. The van der Waals surface area contributed by atoms with Crippen LogP contribution in [0.15, 0.2) is 12.2 Å². The van der Waals surface area contributed by atoms with Gasteiger partial charge in [0.25, 0.3) is 11.8 Å². The van der Waals surface area contributed by atoms with Crippen LogP contribution in [0.1, 0.15) is 32.1 Å². The molecule has 0 unspecified atom stereocenters. The largest absolute Gasteiger partial charge is 0.492 e. The Bertz CT molecular complexity index is 505.